The van der Waals surface area contributed by atoms with E-state index in [1.54, 1.807) is 11.3 Å². The Morgan fingerprint density at radius 2 is 1.47 bits per heavy atom. The zero-order valence-electron chi connectivity index (χ0n) is 20.2. The summed E-state index contributed by atoms with van der Waals surface area (Å²) in [6, 6.07) is 26.8. The van der Waals surface area contributed by atoms with E-state index < -0.39 is 0 Å². The van der Waals surface area contributed by atoms with Gasteiger partial charge in [0.2, 0.25) is 0 Å². The number of hydrogen-bond acceptors (Lipinski definition) is 3. The summed E-state index contributed by atoms with van der Waals surface area (Å²) in [6.45, 7) is 11.3. The second-order valence-electron chi connectivity index (χ2n) is 10.2. The van der Waals surface area contributed by atoms with Gasteiger partial charge in [0.1, 0.15) is 4.83 Å². The van der Waals surface area contributed by atoms with Crippen LogP contribution in [0.25, 0.3) is 53.5 Å². The molecule has 34 heavy (non-hydrogen) atoms. The molecule has 0 aliphatic heterocycles. The Morgan fingerprint density at radius 1 is 0.735 bits per heavy atom. The zero-order chi connectivity index (χ0) is 23.6. The third-order valence-corrected chi connectivity index (χ3v) is 8.67. The highest BCUT2D eigenvalue weighted by Crippen LogP contribution is 2.44. The van der Waals surface area contributed by atoms with Crippen molar-refractivity contribution in [2.75, 3.05) is 0 Å². The first-order valence-electron chi connectivity index (χ1n) is 11.7. The molecule has 168 valence electrons. The number of nitrogens with zero attached hydrogens (tertiary/aromatic N) is 1. The summed E-state index contributed by atoms with van der Waals surface area (Å²) in [6.07, 6.45) is 0. The van der Waals surface area contributed by atoms with Gasteiger partial charge in [-0.2, -0.15) is 0 Å². The van der Waals surface area contributed by atoms with Crippen LogP contribution in [0.4, 0.5) is 0 Å². The Labute approximate surface area is 208 Å². The van der Waals surface area contributed by atoms with Crippen molar-refractivity contribution in [3.8, 4) is 22.4 Å². The lowest BCUT2D eigenvalue weighted by molar-refractivity contribution is 0.596. The molecule has 0 radical (unpaired) electrons. The maximum absolute atomic E-state index is 5.20. The minimum atomic E-state index is 0.0439. The van der Waals surface area contributed by atoms with Gasteiger partial charge in [0.05, 0.1) is 5.69 Å². The quantitative estimate of drug-likeness (QED) is 0.242. The van der Waals surface area contributed by atoms with Crippen LogP contribution in [-0.2, 0) is 5.41 Å². The van der Waals surface area contributed by atoms with Crippen molar-refractivity contribution in [3.05, 3.63) is 88.1 Å². The van der Waals surface area contributed by atoms with Gasteiger partial charge in [-0.3, -0.25) is 0 Å². The molecule has 0 bridgehead atoms. The molecule has 6 aromatic rings. The highest BCUT2D eigenvalue weighted by Gasteiger charge is 2.21. The summed E-state index contributed by atoms with van der Waals surface area (Å²) >= 11 is 3.67. The van der Waals surface area contributed by atoms with Crippen molar-refractivity contribution in [3.63, 3.8) is 0 Å². The van der Waals surface area contributed by atoms with Gasteiger partial charge in [-0.25, -0.2) is 4.98 Å². The molecule has 3 aromatic heterocycles. The number of thiophene rings is 2. The first kappa shape index (κ1) is 21.5. The van der Waals surface area contributed by atoms with Crippen LogP contribution in [0.3, 0.4) is 0 Å². The van der Waals surface area contributed by atoms with Crippen molar-refractivity contribution in [1.82, 2.24) is 4.98 Å². The Hall–Kier alpha value is -3.01. The molecule has 0 unspecified atom stereocenters. The van der Waals surface area contributed by atoms with E-state index >= 15 is 0 Å². The lowest BCUT2D eigenvalue weighted by atomic mass is 9.82. The molecule has 0 saturated heterocycles. The highest BCUT2D eigenvalue weighted by atomic mass is 32.1. The molecule has 0 N–H and O–H groups in total. The van der Waals surface area contributed by atoms with Crippen LogP contribution < -0.4 is 0 Å². The van der Waals surface area contributed by atoms with E-state index in [9.17, 15) is 0 Å². The smallest absolute Gasteiger partial charge is 0.124 e. The molecular formula is C31H27NS2. The van der Waals surface area contributed by atoms with Crippen molar-refractivity contribution < 1.29 is 0 Å². The molecule has 0 saturated carbocycles. The second-order valence-corrected chi connectivity index (χ2v) is 12.6. The molecule has 0 aliphatic carbocycles. The minimum absolute atomic E-state index is 0.0439. The fourth-order valence-corrected chi connectivity index (χ4v) is 7.05. The van der Waals surface area contributed by atoms with Crippen LogP contribution in [-0.4, -0.2) is 4.98 Å². The van der Waals surface area contributed by atoms with Gasteiger partial charge in [0.25, 0.3) is 0 Å². The zero-order valence-corrected chi connectivity index (χ0v) is 21.8. The first-order valence-corrected chi connectivity index (χ1v) is 13.4. The Bertz CT molecular complexity index is 1710. The topological polar surface area (TPSA) is 12.9 Å². The second kappa shape index (κ2) is 7.76. The van der Waals surface area contributed by atoms with Crippen LogP contribution in [0.1, 0.15) is 36.1 Å². The molecule has 0 fully saturated rings. The van der Waals surface area contributed by atoms with Crippen LogP contribution in [0.2, 0.25) is 0 Å². The fourth-order valence-electron chi connectivity index (χ4n) is 5.07. The summed E-state index contributed by atoms with van der Waals surface area (Å²) < 4.78 is 1.34. The Morgan fingerprint density at radius 3 is 2.26 bits per heavy atom. The van der Waals surface area contributed by atoms with Gasteiger partial charge >= 0.3 is 0 Å². The van der Waals surface area contributed by atoms with Crippen molar-refractivity contribution in [2.24, 2.45) is 0 Å². The van der Waals surface area contributed by atoms with Crippen LogP contribution in [0, 0.1) is 13.8 Å². The largest absolute Gasteiger partial charge is 0.237 e. The highest BCUT2D eigenvalue weighted by molar-refractivity contribution is 7.20. The van der Waals surface area contributed by atoms with E-state index in [0.717, 1.165) is 10.5 Å². The lowest BCUT2D eigenvalue weighted by Gasteiger charge is -2.23. The maximum atomic E-state index is 5.20. The molecule has 0 amide bonds. The lowest BCUT2D eigenvalue weighted by Crippen LogP contribution is -2.12. The molecule has 0 atom stereocenters. The van der Waals surface area contributed by atoms with Crippen molar-refractivity contribution in [1.29, 1.82) is 0 Å². The molecule has 3 aromatic carbocycles. The Balaban J connectivity index is 1.68. The fraction of sp³-hybridized carbons (Fsp3) is 0.194. The number of benzene rings is 3. The third kappa shape index (κ3) is 3.46. The predicted octanol–water partition coefficient (Wildman–Crippen LogP) is 9.91. The van der Waals surface area contributed by atoms with Gasteiger partial charge in [0, 0.05) is 36.4 Å². The van der Waals surface area contributed by atoms with Gasteiger partial charge < -0.3 is 0 Å². The van der Waals surface area contributed by atoms with Crippen LogP contribution in [0.5, 0.6) is 0 Å². The van der Waals surface area contributed by atoms with Crippen molar-refractivity contribution >= 4 is 53.7 Å². The molecule has 6 rings (SSSR count). The van der Waals surface area contributed by atoms with E-state index in [0.29, 0.717) is 0 Å². The van der Waals surface area contributed by atoms with E-state index in [4.69, 9.17) is 4.98 Å². The van der Waals surface area contributed by atoms with E-state index in [1.165, 1.54) is 58.3 Å². The first-order chi connectivity index (χ1) is 16.3. The molecular weight excluding hydrogens is 450 g/mol. The van der Waals surface area contributed by atoms with Crippen LogP contribution in [0.15, 0.2) is 72.8 Å². The number of hydrogen-bond donors (Lipinski definition) is 0. The molecule has 0 spiro atoms. The monoisotopic (exact) mass is 477 g/mol. The minimum Gasteiger partial charge on any atom is -0.237 e. The van der Waals surface area contributed by atoms with E-state index in [-0.39, 0.29) is 5.41 Å². The molecule has 0 aliphatic rings. The van der Waals surface area contributed by atoms with Gasteiger partial charge in [-0.05, 0) is 71.5 Å². The third-order valence-electron chi connectivity index (χ3n) is 6.64. The van der Waals surface area contributed by atoms with Crippen LogP contribution >= 0.6 is 22.7 Å². The number of fused-ring (bicyclic) bond motifs is 3. The molecule has 3 heterocycles. The number of pyridine rings is 1. The molecule has 1 nitrogen and oxygen atoms in total. The van der Waals surface area contributed by atoms with Crippen molar-refractivity contribution in [2.45, 2.75) is 40.0 Å². The normalized spacial score (nSPS) is 12.3. The van der Waals surface area contributed by atoms with Gasteiger partial charge in [-0.15, -0.1) is 22.7 Å². The van der Waals surface area contributed by atoms with Gasteiger partial charge in [-0.1, -0.05) is 63.2 Å². The average molecular weight is 478 g/mol. The van der Waals surface area contributed by atoms with E-state index in [1.807, 2.05) is 11.3 Å². The number of aromatic nitrogens is 1. The summed E-state index contributed by atoms with van der Waals surface area (Å²) in [7, 11) is 0. The average Bonchev–Trinajstić information content (AvgIpc) is 3.35. The summed E-state index contributed by atoms with van der Waals surface area (Å²) in [5.74, 6) is 0. The predicted molar refractivity (Wildman–Crippen MR) is 152 cm³/mol. The number of rotatable bonds is 2. The summed E-state index contributed by atoms with van der Waals surface area (Å²) in [4.78, 5) is 8.97. The molecule has 3 heteroatoms. The number of aryl methyl sites for hydroxylation is 2. The Kier molecular flexibility index (Phi) is 4.91. The summed E-state index contributed by atoms with van der Waals surface area (Å²) in [5, 5.41) is 5.19. The SMILES string of the molecule is Cc1cc2c(-c3c(C)sc4ccccc34)cc(-c3cc(C(C)(C)C)c4ccccc4c3)nc2s1. The summed E-state index contributed by atoms with van der Waals surface area (Å²) in [5.41, 5.74) is 6.30. The van der Waals surface area contributed by atoms with Gasteiger partial charge in [0.15, 0.2) is 0 Å². The standard InChI is InChI=1S/C31H27NS2/c1-18-14-25-24(29-19(2)34-28-13-9-8-12-23(28)29)17-27(32-30(25)33-18)21-15-20-10-6-7-11-22(20)26(16-21)31(3,4)5/h6-17H,1-5H3. The van der Waals surface area contributed by atoms with E-state index in [2.05, 4.69) is 107 Å². The maximum Gasteiger partial charge on any atom is 0.124 e.